The third kappa shape index (κ3) is 2.70. The van der Waals surface area contributed by atoms with Gasteiger partial charge in [-0.1, -0.05) is 0 Å². The highest BCUT2D eigenvalue weighted by Crippen LogP contribution is 2.27. The second-order valence-electron chi connectivity index (χ2n) is 4.00. The van der Waals surface area contributed by atoms with Crippen molar-refractivity contribution in [2.24, 2.45) is 0 Å². The first-order chi connectivity index (χ1) is 8.96. The Morgan fingerprint density at radius 1 is 1.32 bits per heavy atom. The van der Waals surface area contributed by atoms with Crippen LogP contribution >= 0.6 is 0 Å². The maximum absolute atomic E-state index is 11.7. The van der Waals surface area contributed by atoms with E-state index in [1.807, 2.05) is 0 Å². The second kappa shape index (κ2) is 4.93. The van der Waals surface area contributed by atoms with Gasteiger partial charge in [-0.05, 0) is 24.6 Å². The zero-order chi connectivity index (χ0) is 14.0. The average molecular weight is 281 g/mol. The lowest BCUT2D eigenvalue weighted by Crippen LogP contribution is -2.14. The number of rotatable bonds is 4. The standard InChI is InChI=1S/C12H15N3O3S/c1-3-19(16,17)15-8-10(7-14-15)9-4-11(13)6-12(5-9)18-2/h4-8H,3,13H2,1-2H3. The van der Waals surface area contributed by atoms with Gasteiger partial charge >= 0.3 is 0 Å². The summed E-state index contributed by atoms with van der Waals surface area (Å²) >= 11 is 0. The van der Waals surface area contributed by atoms with Crippen molar-refractivity contribution in [1.29, 1.82) is 0 Å². The molecule has 0 saturated carbocycles. The fraction of sp³-hybridized carbons (Fsp3) is 0.250. The van der Waals surface area contributed by atoms with E-state index in [1.165, 1.54) is 12.4 Å². The van der Waals surface area contributed by atoms with Gasteiger partial charge in [-0.15, -0.1) is 0 Å². The molecule has 0 fully saturated rings. The van der Waals surface area contributed by atoms with E-state index in [-0.39, 0.29) is 5.75 Å². The van der Waals surface area contributed by atoms with Crippen molar-refractivity contribution < 1.29 is 13.2 Å². The molecule has 1 aromatic carbocycles. The number of nitrogens with zero attached hydrogens (tertiary/aromatic N) is 2. The monoisotopic (exact) mass is 281 g/mol. The second-order valence-corrected chi connectivity index (χ2v) is 6.11. The number of methoxy groups -OCH3 is 1. The zero-order valence-corrected chi connectivity index (χ0v) is 11.5. The lowest BCUT2D eigenvalue weighted by atomic mass is 10.1. The summed E-state index contributed by atoms with van der Waals surface area (Å²) in [7, 11) is -1.82. The van der Waals surface area contributed by atoms with E-state index in [0.29, 0.717) is 17.0 Å². The SMILES string of the molecule is CCS(=O)(=O)n1cc(-c2cc(N)cc(OC)c2)cn1. The third-order valence-corrected chi connectivity index (χ3v) is 4.21. The molecule has 0 saturated heterocycles. The van der Waals surface area contributed by atoms with E-state index in [4.69, 9.17) is 10.5 Å². The molecule has 2 aromatic rings. The molecule has 0 bridgehead atoms. The Labute approximate surface area is 111 Å². The van der Waals surface area contributed by atoms with Gasteiger partial charge < -0.3 is 10.5 Å². The molecule has 2 rings (SSSR count). The van der Waals surface area contributed by atoms with Crippen LogP contribution < -0.4 is 10.5 Å². The largest absolute Gasteiger partial charge is 0.497 e. The molecule has 0 spiro atoms. The summed E-state index contributed by atoms with van der Waals surface area (Å²) in [4.78, 5) is 0. The molecule has 6 nitrogen and oxygen atoms in total. The molecule has 7 heteroatoms. The molecule has 0 aliphatic rings. The van der Waals surface area contributed by atoms with Crippen molar-refractivity contribution in [2.75, 3.05) is 18.6 Å². The molecule has 0 atom stereocenters. The summed E-state index contributed by atoms with van der Waals surface area (Å²) in [6.07, 6.45) is 2.95. The van der Waals surface area contributed by atoms with Crippen LogP contribution in [0.3, 0.4) is 0 Å². The molecule has 102 valence electrons. The number of hydrogen-bond donors (Lipinski definition) is 1. The van der Waals surface area contributed by atoms with Crippen molar-refractivity contribution in [3.63, 3.8) is 0 Å². The summed E-state index contributed by atoms with van der Waals surface area (Å²) < 4.78 is 29.5. The Bertz CT molecular complexity index is 692. The van der Waals surface area contributed by atoms with Crippen LogP contribution in [0, 0.1) is 0 Å². The zero-order valence-electron chi connectivity index (χ0n) is 10.7. The summed E-state index contributed by atoms with van der Waals surface area (Å²) in [6, 6.07) is 5.20. The Morgan fingerprint density at radius 2 is 2.05 bits per heavy atom. The number of ether oxygens (including phenoxy) is 1. The van der Waals surface area contributed by atoms with Crippen LogP contribution in [0.4, 0.5) is 5.69 Å². The highest BCUT2D eigenvalue weighted by Gasteiger charge is 2.13. The number of anilines is 1. The van der Waals surface area contributed by atoms with Crippen molar-refractivity contribution in [3.05, 3.63) is 30.6 Å². The van der Waals surface area contributed by atoms with Gasteiger partial charge in [0.15, 0.2) is 0 Å². The number of nitrogens with two attached hydrogens (primary N) is 1. The van der Waals surface area contributed by atoms with E-state index in [0.717, 1.165) is 9.65 Å². The predicted octanol–water partition coefficient (Wildman–Crippen LogP) is 1.34. The van der Waals surface area contributed by atoms with Gasteiger partial charge in [-0.3, -0.25) is 0 Å². The highest BCUT2D eigenvalue weighted by atomic mass is 32.2. The van der Waals surface area contributed by atoms with Gasteiger partial charge in [-0.25, -0.2) is 8.42 Å². The molecule has 2 N–H and O–H groups in total. The van der Waals surface area contributed by atoms with Crippen LogP contribution in [0.1, 0.15) is 6.92 Å². The highest BCUT2D eigenvalue weighted by molar-refractivity contribution is 7.89. The fourth-order valence-corrected chi connectivity index (χ4v) is 2.37. The van der Waals surface area contributed by atoms with E-state index >= 15 is 0 Å². The van der Waals surface area contributed by atoms with Gasteiger partial charge in [0.05, 0.1) is 25.3 Å². The molecule has 0 aliphatic carbocycles. The lowest BCUT2D eigenvalue weighted by molar-refractivity contribution is 0.415. The Hall–Kier alpha value is -2.02. The Morgan fingerprint density at radius 3 is 2.68 bits per heavy atom. The quantitative estimate of drug-likeness (QED) is 0.854. The molecule has 1 heterocycles. The summed E-state index contributed by atoms with van der Waals surface area (Å²) in [5.74, 6) is 0.607. The first kappa shape index (κ1) is 13.4. The molecule has 1 aromatic heterocycles. The van der Waals surface area contributed by atoms with Gasteiger partial charge in [0.2, 0.25) is 0 Å². The molecular formula is C12H15N3O3S. The van der Waals surface area contributed by atoms with Crippen molar-refractivity contribution in [3.8, 4) is 16.9 Å². The predicted molar refractivity (Wildman–Crippen MR) is 73.5 cm³/mol. The summed E-state index contributed by atoms with van der Waals surface area (Å²) in [6.45, 7) is 1.57. The Kier molecular flexibility index (Phi) is 3.48. The number of hydrogen-bond acceptors (Lipinski definition) is 5. The normalized spacial score (nSPS) is 11.5. The van der Waals surface area contributed by atoms with E-state index < -0.39 is 10.0 Å². The molecular weight excluding hydrogens is 266 g/mol. The minimum atomic E-state index is -3.37. The molecule has 0 radical (unpaired) electrons. The summed E-state index contributed by atoms with van der Waals surface area (Å²) in [5, 5.41) is 3.87. The lowest BCUT2D eigenvalue weighted by Gasteiger charge is -2.04. The van der Waals surface area contributed by atoms with Crippen LogP contribution in [0.15, 0.2) is 30.6 Å². The number of benzene rings is 1. The number of aromatic nitrogens is 2. The van der Waals surface area contributed by atoms with Crippen LogP contribution in [0.25, 0.3) is 11.1 Å². The first-order valence-corrected chi connectivity index (χ1v) is 7.30. The van der Waals surface area contributed by atoms with Crippen molar-refractivity contribution in [2.45, 2.75) is 6.92 Å². The van der Waals surface area contributed by atoms with E-state index in [2.05, 4.69) is 5.10 Å². The third-order valence-electron chi connectivity index (χ3n) is 2.71. The van der Waals surface area contributed by atoms with E-state index in [9.17, 15) is 8.42 Å². The summed E-state index contributed by atoms with van der Waals surface area (Å²) in [5.41, 5.74) is 7.74. The maximum atomic E-state index is 11.7. The van der Waals surface area contributed by atoms with Gasteiger partial charge in [-0.2, -0.15) is 9.19 Å². The van der Waals surface area contributed by atoms with Crippen molar-refractivity contribution in [1.82, 2.24) is 9.19 Å². The maximum Gasteiger partial charge on any atom is 0.253 e. The number of nitrogen functional groups attached to an aromatic ring is 1. The smallest absolute Gasteiger partial charge is 0.253 e. The van der Waals surface area contributed by atoms with Crippen LogP contribution in [-0.2, 0) is 10.0 Å². The van der Waals surface area contributed by atoms with Gasteiger partial charge in [0.25, 0.3) is 10.0 Å². The van der Waals surface area contributed by atoms with Crippen LogP contribution in [-0.4, -0.2) is 30.5 Å². The first-order valence-electron chi connectivity index (χ1n) is 5.69. The van der Waals surface area contributed by atoms with Crippen LogP contribution in [0.5, 0.6) is 5.75 Å². The minimum absolute atomic E-state index is 0.00559. The Balaban J connectivity index is 2.46. The molecule has 19 heavy (non-hydrogen) atoms. The molecule has 0 aliphatic heterocycles. The van der Waals surface area contributed by atoms with Crippen LogP contribution in [0.2, 0.25) is 0 Å². The fourth-order valence-electron chi connectivity index (χ4n) is 1.64. The minimum Gasteiger partial charge on any atom is -0.497 e. The van der Waals surface area contributed by atoms with Gasteiger partial charge in [0.1, 0.15) is 5.75 Å². The molecule has 0 unspecified atom stereocenters. The van der Waals surface area contributed by atoms with E-state index in [1.54, 1.807) is 32.2 Å². The average Bonchev–Trinajstić information content (AvgIpc) is 2.88. The molecule has 0 amide bonds. The topological polar surface area (TPSA) is 87.2 Å². The van der Waals surface area contributed by atoms with Crippen molar-refractivity contribution >= 4 is 15.7 Å². The van der Waals surface area contributed by atoms with Gasteiger partial charge in [0, 0.05) is 17.3 Å².